The number of benzene rings is 5. The van der Waals surface area contributed by atoms with Gasteiger partial charge in [-0.25, -0.2) is 4.39 Å². The first-order chi connectivity index (χ1) is 19.6. The van der Waals surface area contributed by atoms with Crippen LogP contribution in [0.3, 0.4) is 0 Å². The van der Waals surface area contributed by atoms with Crippen LogP contribution in [-0.2, 0) is 11.2 Å². The van der Waals surface area contributed by atoms with E-state index in [1.807, 2.05) is 97.1 Å². The molecule has 5 heteroatoms. The maximum Gasteiger partial charge on any atom is 0.232 e. The number of aromatic nitrogens is 1. The predicted molar refractivity (Wildman–Crippen MR) is 159 cm³/mol. The Hall–Kier alpha value is -5.03. The topological polar surface area (TPSA) is 51.2 Å². The third-order valence-corrected chi connectivity index (χ3v) is 7.31. The van der Waals surface area contributed by atoms with Crippen LogP contribution in [0.1, 0.15) is 17.0 Å². The van der Waals surface area contributed by atoms with Crippen molar-refractivity contribution < 1.29 is 13.9 Å². The van der Waals surface area contributed by atoms with Crippen LogP contribution < -0.4 is 10.1 Å². The lowest BCUT2D eigenvalue weighted by molar-refractivity contribution is -0.117. The maximum atomic E-state index is 14.1. The molecule has 0 spiro atoms. The van der Waals surface area contributed by atoms with Crippen molar-refractivity contribution in [1.29, 1.82) is 0 Å². The van der Waals surface area contributed by atoms with Crippen molar-refractivity contribution in [2.75, 3.05) is 12.4 Å². The van der Waals surface area contributed by atoms with E-state index in [2.05, 4.69) is 10.3 Å². The highest BCUT2D eigenvalue weighted by molar-refractivity contribution is 6.04. The van der Waals surface area contributed by atoms with Gasteiger partial charge in [0.25, 0.3) is 0 Å². The van der Waals surface area contributed by atoms with Crippen LogP contribution >= 0.6 is 0 Å². The van der Waals surface area contributed by atoms with Crippen LogP contribution in [0, 0.1) is 5.82 Å². The molecular formula is C35H27FN2O2. The quantitative estimate of drug-likeness (QED) is 0.228. The Morgan fingerprint density at radius 2 is 1.62 bits per heavy atom. The third kappa shape index (κ3) is 5.02. The van der Waals surface area contributed by atoms with Gasteiger partial charge in [-0.1, -0.05) is 78.9 Å². The van der Waals surface area contributed by atoms with Crippen molar-refractivity contribution in [1.82, 2.24) is 4.98 Å². The average molecular weight is 527 g/mol. The third-order valence-electron chi connectivity index (χ3n) is 7.31. The van der Waals surface area contributed by atoms with Crippen LogP contribution in [-0.4, -0.2) is 18.0 Å². The first-order valence-corrected chi connectivity index (χ1v) is 13.2. The number of pyridine rings is 1. The normalized spacial score (nSPS) is 11.8. The second-order valence-electron chi connectivity index (χ2n) is 9.73. The van der Waals surface area contributed by atoms with Crippen LogP contribution in [0.4, 0.5) is 10.1 Å². The molecule has 4 nitrogen and oxygen atoms in total. The average Bonchev–Trinajstić information content (AvgIpc) is 3.00. The highest BCUT2D eigenvalue weighted by Gasteiger charge is 2.24. The first-order valence-electron chi connectivity index (χ1n) is 13.2. The largest absolute Gasteiger partial charge is 0.496 e. The van der Waals surface area contributed by atoms with Gasteiger partial charge < -0.3 is 10.1 Å². The minimum absolute atomic E-state index is 0.105. The number of hydrogen-bond donors (Lipinski definition) is 1. The molecule has 5 aromatic carbocycles. The van der Waals surface area contributed by atoms with Crippen LogP contribution in [0.5, 0.6) is 5.75 Å². The van der Waals surface area contributed by atoms with Gasteiger partial charge in [-0.2, -0.15) is 0 Å². The fourth-order valence-corrected chi connectivity index (χ4v) is 5.27. The summed E-state index contributed by atoms with van der Waals surface area (Å²) in [6.07, 6.45) is 2.19. The lowest BCUT2D eigenvalue weighted by Gasteiger charge is -2.20. The Morgan fingerprint density at radius 3 is 2.48 bits per heavy atom. The number of amides is 1. The molecule has 1 aromatic heterocycles. The van der Waals surface area contributed by atoms with E-state index in [0.717, 1.165) is 55.4 Å². The number of para-hydroxylation sites is 1. The van der Waals surface area contributed by atoms with E-state index in [0.29, 0.717) is 6.42 Å². The Bertz CT molecular complexity index is 1830. The number of nitrogens with zero attached hydrogens (tertiary/aromatic N) is 1. The molecule has 0 aliphatic rings. The van der Waals surface area contributed by atoms with Gasteiger partial charge in [-0.15, -0.1) is 0 Å². The molecule has 6 rings (SSSR count). The van der Waals surface area contributed by atoms with Gasteiger partial charge in [0, 0.05) is 22.7 Å². The number of hydrogen-bond acceptors (Lipinski definition) is 3. The van der Waals surface area contributed by atoms with Crippen molar-refractivity contribution in [3.63, 3.8) is 0 Å². The molecule has 0 saturated heterocycles. The summed E-state index contributed by atoms with van der Waals surface area (Å²) < 4.78 is 19.7. The predicted octanol–water partition coefficient (Wildman–Crippen LogP) is 8.17. The Balaban J connectivity index is 1.38. The molecule has 0 aliphatic heterocycles. The zero-order chi connectivity index (χ0) is 27.5. The van der Waals surface area contributed by atoms with Gasteiger partial charge in [0.1, 0.15) is 11.6 Å². The number of nitrogens with one attached hydrogen (secondary N) is 1. The molecular weight excluding hydrogens is 499 g/mol. The van der Waals surface area contributed by atoms with Gasteiger partial charge in [0.15, 0.2) is 0 Å². The molecule has 1 atom stereocenters. The van der Waals surface area contributed by atoms with E-state index in [1.54, 1.807) is 19.4 Å². The lowest BCUT2D eigenvalue weighted by Crippen LogP contribution is -2.23. The van der Waals surface area contributed by atoms with Crippen molar-refractivity contribution in [2.45, 2.75) is 12.3 Å². The lowest BCUT2D eigenvalue weighted by atomic mass is 9.89. The number of halogens is 1. The number of carbonyl (C=O) groups excluding carboxylic acids is 1. The molecule has 0 radical (unpaired) electrons. The van der Waals surface area contributed by atoms with Gasteiger partial charge in [-0.05, 0) is 70.5 Å². The second-order valence-corrected chi connectivity index (χ2v) is 9.73. The molecule has 0 fully saturated rings. The molecule has 196 valence electrons. The first kappa shape index (κ1) is 25.3. The molecule has 0 saturated carbocycles. The Labute approximate surface area is 232 Å². The molecule has 1 N–H and O–H groups in total. The molecule has 0 bridgehead atoms. The summed E-state index contributed by atoms with van der Waals surface area (Å²) in [7, 11) is 1.64. The minimum Gasteiger partial charge on any atom is -0.496 e. The fourth-order valence-electron chi connectivity index (χ4n) is 5.27. The monoisotopic (exact) mass is 526 g/mol. The maximum absolute atomic E-state index is 14.1. The molecule has 6 aromatic rings. The fraction of sp³-hybridized carbons (Fsp3) is 0.0857. The summed E-state index contributed by atoms with van der Waals surface area (Å²) in [5.41, 5.74) is 5.13. The highest BCUT2D eigenvalue weighted by Crippen LogP contribution is 2.33. The van der Waals surface area contributed by atoms with E-state index >= 15 is 0 Å². The van der Waals surface area contributed by atoms with E-state index in [4.69, 9.17) is 4.74 Å². The van der Waals surface area contributed by atoms with E-state index in [9.17, 15) is 9.18 Å². The molecule has 0 aliphatic carbocycles. The van der Waals surface area contributed by atoms with E-state index < -0.39 is 5.92 Å². The van der Waals surface area contributed by atoms with Gasteiger partial charge >= 0.3 is 0 Å². The summed E-state index contributed by atoms with van der Waals surface area (Å²) >= 11 is 0. The summed E-state index contributed by atoms with van der Waals surface area (Å²) in [5.74, 6) is -0.143. The summed E-state index contributed by atoms with van der Waals surface area (Å²) in [6.45, 7) is 0. The van der Waals surface area contributed by atoms with Gasteiger partial charge in [-0.3, -0.25) is 9.78 Å². The Morgan fingerprint density at radius 1 is 0.850 bits per heavy atom. The standard InChI is InChI=1S/C35H27FN2O2/c1-40-34-12-5-3-8-26(34)21-30(35(39)38-33-11-6-9-23-7-2-4-10-29(23)33)25-15-13-24(14-16-25)28-19-20-37-32-18-17-27(36)22-31(28)32/h2-20,22,30H,21H2,1H3,(H,38,39). The highest BCUT2D eigenvalue weighted by atomic mass is 19.1. The number of rotatable bonds is 7. The van der Waals surface area contributed by atoms with Gasteiger partial charge in [0.05, 0.1) is 18.5 Å². The van der Waals surface area contributed by atoms with Crippen molar-refractivity contribution in [3.05, 3.63) is 138 Å². The zero-order valence-corrected chi connectivity index (χ0v) is 22.0. The van der Waals surface area contributed by atoms with Crippen LogP contribution in [0.2, 0.25) is 0 Å². The number of fused-ring (bicyclic) bond motifs is 2. The molecule has 1 unspecified atom stereocenters. The smallest absolute Gasteiger partial charge is 0.232 e. The minimum atomic E-state index is -0.476. The molecule has 40 heavy (non-hydrogen) atoms. The summed E-state index contributed by atoms with van der Waals surface area (Å²) in [6, 6.07) is 36.1. The number of ether oxygens (including phenoxy) is 1. The van der Waals surface area contributed by atoms with Crippen LogP contribution in [0.15, 0.2) is 121 Å². The van der Waals surface area contributed by atoms with Gasteiger partial charge in [0.2, 0.25) is 5.91 Å². The Kier molecular flexibility index (Phi) is 6.94. The summed E-state index contributed by atoms with van der Waals surface area (Å²) in [5, 5.41) is 5.98. The number of methoxy groups -OCH3 is 1. The van der Waals surface area contributed by atoms with Crippen molar-refractivity contribution in [2.24, 2.45) is 0 Å². The number of anilines is 1. The molecule has 1 heterocycles. The van der Waals surface area contributed by atoms with Crippen molar-refractivity contribution >= 4 is 33.3 Å². The second kappa shape index (κ2) is 11.0. The molecule has 1 amide bonds. The SMILES string of the molecule is COc1ccccc1CC(C(=O)Nc1cccc2ccccc12)c1ccc(-c2ccnc3ccc(F)cc23)cc1. The van der Waals surface area contributed by atoms with Crippen molar-refractivity contribution in [3.8, 4) is 16.9 Å². The summed E-state index contributed by atoms with van der Waals surface area (Å²) in [4.78, 5) is 18.3. The zero-order valence-electron chi connectivity index (χ0n) is 22.0. The van der Waals surface area contributed by atoms with E-state index in [-0.39, 0.29) is 11.7 Å². The van der Waals surface area contributed by atoms with Crippen LogP contribution in [0.25, 0.3) is 32.8 Å². The number of carbonyl (C=O) groups is 1. The van der Waals surface area contributed by atoms with E-state index in [1.165, 1.54) is 12.1 Å².